The van der Waals surface area contributed by atoms with E-state index in [1.807, 2.05) is 76.5 Å². The van der Waals surface area contributed by atoms with E-state index >= 15 is 0 Å². The molecule has 8 rings (SSSR count). The van der Waals surface area contributed by atoms with Crippen molar-refractivity contribution < 1.29 is 18.9 Å². The molecule has 3 amide bonds. The molecule has 0 saturated carbocycles. The smallest absolute Gasteiger partial charge is 0.292 e. The number of piperidine rings is 2. The number of nitrogens with one attached hydrogen (secondary N) is 2. The molecule has 4 aromatic heterocycles. The number of fused-ring (bicyclic) bond motifs is 1. The number of rotatable bonds is 9. The second kappa shape index (κ2) is 15.2. The van der Waals surface area contributed by atoms with Crippen molar-refractivity contribution in [3.63, 3.8) is 0 Å². The lowest BCUT2D eigenvalue weighted by Crippen LogP contribution is -2.39. The van der Waals surface area contributed by atoms with Gasteiger partial charge in [-0.15, -0.1) is 0 Å². The molecule has 0 aliphatic carbocycles. The summed E-state index contributed by atoms with van der Waals surface area (Å²) in [5.74, 6) is 0.469. The number of hydrogen-bond donors (Lipinski definition) is 2. The molecule has 2 N–H and O–H groups in total. The van der Waals surface area contributed by atoms with E-state index < -0.39 is 5.91 Å². The van der Waals surface area contributed by atoms with E-state index in [4.69, 9.17) is 9.51 Å². The van der Waals surface area contributed by atoms with Crippen LogP contribution in [-0.2, 0) is 28.1 Å². The summed E-state index contributed by atoms with van der Waals surface area (Å²) >= 11 is 0. The van der Waals surface area contributed by atoms with Gasteiger partial charge in [0.15, 0.2) is 5.82 Å². The number of imide groups is 1. The zero-order valence-corrected chi connectivity index (χ0v) is 32.0. The highest BCUT2D eigenvalue weighted by Crippen LogP contribution is 2.32. The average Bonchev–Trinajstić information content (AvgIpc) is 3.87. The monoisotopic (exact) mass is 752 g/mol. The van der Waals surface area contributed by atoms with E-state index in [2.05, 4.69) is 58.9 Å². The highest BCUT2D eigenvalue weighted by Gasteiger charge is 2.29. The van der Waals surface area contributed by atoms with Crippen LogP contribution in [0.5, 0.6) is 0 Å². The first-order valence-electron chi connectivity index (χ1n) is 19.0. The van der Waals surface area contributed by atoms with Gasteiger partial charge in [-0.2, -0.15) is 10.1 Å². The predicted octanol–water partition coefficient (Wildman–Crippen LogP) is 5.67. The number of aryl methyl sites for hydroxylation is 1. The lowest BCUT2D eigenvalue weighted by atomic mass is 9.86. The topological polar surface area (TPSA) is 173 Å². The summed E-state index contributed by atoms with van der Waals surface area (Å²) < 4.78 is 7.07. The molecule has 1 atom stereocenters. The highest BCUT2D eigenvalue weighted by atomic mass is 16.5. The first kappa shape index (κ1) is 36.8. The first-order valence-corrected chi connectivity index (χ1v) is 19.0. The normalized spacial score (nSPS) is 17.0. The maximum Gasteiger partial charge on any atom is 0.292 e. The zero-order valence-electron chi connectivity index (χ0n) is 32.0. The summed E-state index contributed by atoms with van der Waals surface area (Å²) in [5.41, 5.74) is 8.20. The summed E-state index contributed by atoms with van der Waals surface area (Å²) in [6.07, 6.45) is 8.30. The Kier molecular flexibility index (Phi) is 9.97. The van der Waals surface area contributed by atoms with E-state index in [1.165, 1.54) is 5.56 Å². The van der Waals surface area contributed by atoms with Crippen molar-refractivity contribution in [2.24, 2.45) is 0 Å². The molecular weight excluding hydrogens is 709 g/mol. The van der Waals surface area contributed by atoms with Crippen molar-refractivity contribution in [2.75, 3.05) is 13.1 Å². The van der Waals surface area contributed by atoms with Gasteiger partial charge >= 0.3 is 0 Å². The summed E-state index contributed by atoms with van der Waals surface area (Å²) in [7, 11) is 0. The van der Waals surface area contributed by atoms with Crippen LogP contribution in [0.2, 0.25) is 0 Å². The summed E-state index contributed by atoms with van der Waals surface area (Å²) in [4.78, 5) is 57.5. The quantitative estimate of drug-likeness (QED) is 0.174. The van der Waals surface area contributed by atoms with Crippen molar-refractivity contribution in [3.05, 3.63) is 113 Å². The Hall–Kier alpha value is -6.15. The van der Waals surface area contributed by atoms with E-state index in [0.29, 0.717) is 37.0 Å². The average molecular weight is 753 g/mol. The molecule has 2 aliphatic rings. The second-order valence-corrected chi connectivity index (χ2v) is 15.8. The lowest BCUT2D eigenvalue weighted by Gasteiger charge is -2.32. The van der Waals surface area contributed by atoms with Crippen LogP contribution >= 0.6 is 0 Å². The molecule has 0 spiro atoms. The Balaban J connectivity index is 0.897. The third-order valence-electron chi connectivity index (χ3n) is 10.7. The van der Waals surface area contributed by atoms with Gasteiger partial charge in [-0.05, 0) is 85.6 Å². The van der Waals surface area contributed by atoms with Crippen LogP contribution in [0.1, 0.15) is 103 Å². The minimum atomic E-state index is -0.394. The third-order valence-corrected chi connectivity index (χ3v) is 10.7. The molecule has 2 aliphatic heterocycles. The number of amides is 3. The van der Waals surface area contributed by atoms with E-state index in [9.17, 15) is 14.4 Å². The number of hydrogen-bond acceptors (Lipinski definition) is 11. The van der Waals surface area contributed by atoms with Crippen molar-refractivity contribution in [3.8, 4) is 22.6 Å². The summed E-state index contributed by atoms with van der Waals surface area (Å²) in [6, 6.07) is 18.4. The Morgan fingerprint density at radius 1 is 0.946 bits per heavy atom. The van der Waals surface area contributed by atoms with Gasteiger partial charge in [0, 0.05) is 48.4 Å². The van der Waals surface area contributed by atoms with Crippen molar-refractivity contribution in [2.45, 2.75) is 83.7 Å². The number of carbonyl (C=O) groups excluding carboxylic acids is 3. The third kappa shape index (κ3) is 7.83. The number of likely N-dealkylation sites (tertiary alicyclic amines) is 1. The lowest BCUT2D eigenvalue weighted by molar-refractivity contribution is -0.134. The standard InChI is InChI=1S/C42H44N10O4/c1-25-19-29(9-10-30(25)21-44-40(55)38-49-41(56-50-38)42(2,3)4)36-34-20-31(22-52(34)46-24-45-36)37-43-16-13-32(47-37)23-51-17-14-27(15-18-51)26-5-7-28(8-6-26)33-11-12-35(53)48-39(33)54/h5-10,13,16,19-20,22,24,27,33H,11-12,14-15,17-18,21,23H2,1-4H3,(H,44,55)(H,48,53,54). The van der Waals surface area contributed by atoms with Crippen LogP contribution in [-0.4, -0.2) is 70.4 Å². The van der Waals surface area contributed by atoms with Crippen LogP contribution in [0.25, 0.3) is 28.2 Å². The molecule has 2 saturated heterocycles. The highest BCUT2D eigenvalue weighted by molar-refractivity contribution is 6.01. The largest absolute Gasteiger partial charge is 0.345 e. The molecule has 2 fully saturated rings. The fraction of sp³-hybridized carbons (Fsp3) is 0.357. The number of benzene rings is 2. The van der Waals surface area contributed by atoms with Crippen LogP contribution in [0.3, 0.4) is 0 Å². The molecule has 2 aromatic carbocycles. The van der Waals surface area contributed by atoms with Crippen molar-refractivity contribution in [1.82, 2.24) is 50.2 Å². The fourth-order valence-corrected chi connectivity index (χ4v) is 7.48. The van der Waals surface area contributed by atoms with Gasteiger partial charge in [-0.25, -0.2) is 19.5 Å². The predicted molar refractivity (Wildman–Crippen MR) is 207 cm³/mol. The minimum Gasteiger partial charge on any atom is -0.345 e. The van der Waals surface area contributed by atoms with Crippen LogP contribution in [0.15, 0.2) is 77.8 Å². The fourth-order valence-electron chi connectivity index (χ4n) is 7.48. The number of nitrogens with zero attached hydrogens (tertiary/aromatic N) is 8. The van der Waals surface area contributed by atoms with Gasteiger partial charge in [0.05, 0.1) is 22.8 Å². The summed E-state index contributed by atoms with van der Waals surface area (Å²) in [6.45, 7) is 10.8. The molecular formula is C42H44N10O4. The van der Waals surface area contributed by atoms with Gasteiger partial charge in [0.1, 0.15) is 6.33 Å². The van der Waals surface area contributed by atoms with E-state index in [0.717, 1.165) is 77.2 Å². The van der Waals surface area contributed by atoms with Gasteiger partial charge in [-0.1, -0.05) is 62.3 Å². The van der Waals surface area contributed by atoms with Gasteiger partial charge < -0.3 is 9.84 Å². The molecule has 56 heavy (non-hydrogen) atoms. The molecule has 1 unspecified atom stereocenters. The molecule has 286 valence electrons. The Morgan fingerprint density at radius 2 is 1.73 bits per heavy atom. The van der Waals surface area contributed by atoms with E-state index in [1.54, 1.807) is 10.8 Å². The molecule has 0 bridgehead atoms. The number of carbonyl (C=O) groups is 3. The second-order valence-electron chi connectivity index (χ2n) is 15.8. The van der Waals surface area contributed by atoms with Crippen LogP contribution in [0.4, 0.5) is 0 Å². The minimum absolute atomic E-state index is 0.0142. The van der Waals surface area contributed by atoms with E-state index in [-0.39, 0.29) is 29.0 Å². The Bertz CT molecular complexity index is 2420. The molecule has 14 heteroatoms. The van der Waals surface area contributed by atoms with Crippen LogP contribution < -0.4 is 10.6 Å². The van der Waals surface area contributed by atoms with Gasteiger partial charge in [0.25, 0.3) is 11.7 Å². The van der Waals surface area contributed by atoms with Crippen molar-refractivity contribution in [1.29, 1.82) is 0 Å². The van der Waals surface area contributed by atoms with Crippen molar-refractivity contribution >= 4 is 23.2 Å². The Morgan fingerprint density at radius 3 is 2.46 bits per heavy atom. The van der Waals surface area contributed by atoms with Gasteiger partial charge in [0.2, 0.25) is 17.7 Å². The molecule has 6 heterocycles. The molecule has 14 nitrogen and oxygen atoms in total. The maximum absolute atomic E-state index is 12.7. The molecule has 0 radical (unpaired) electrons. The maximum atomic E-state index is 12.7. The van der Waals surface area contributed by atoms with Gasteiger partial charge in [-0.3, -0.25) is 24.6 Å². The van der Waals surface area contributed by atoms with Crippen LogP contribution in [0, 0.1) is 6.92 Å². The SMILES string of the molecule is Cc1cc(-c2ncnn3cc(-c4nccc(CN5CCC(c6ccc(C7CCC(=O)NC7=O)cc6)CC5)n4)cc23)ccc1CNC(=O)c1noc(C(C)(C)C)n1. The zero-order chi connectivity index (χ0) is 39.0. The molecule has 6 aromatic rings. The Labute approximate surface area is 324 Å². The number of aromatic nitrogens is 7. The first-order chi connectivity index (χ1) is 27.0. The summed E-state index contributed by atoms with van der Waals surface area (Å²) in [5, 5.41) is 13.7.